The van der Waals surface area contributed by atoms with Crippen molar-refractivity contribution in [2.75, 3.05) is 13.7 Å². The van der Waals surface area contributed by atoms with Crippen molar-refractivity contribution in [2.45, 2.75) is 26.1 Å². The van der Waals surface area contributed by atoms with Crippen LogP contribution in [-0.2, 0) is 22.7 Å². The van der Waals surface area contributed by atoms with E-state index in [0.29, 0.717) is 22.9 Å². The molecule has 0 aliphatic rings. The highest BCUT2D eigenvalue weighted by atomic mass is 35.5. The number of hydrogen-bond acceptors (Lipinski definition) is 4. The average Bonchev–Trinajstić information content (AvgIpc) is 2.86. The summed E-state index contributed by atoms with van der Waals surface area (Å²) in [6, 6.07) is 19.1. The van der Waals surface area contributed by atoms with Crippen LogP contribution in [-0.4, -0.2) is 36.5 Å². The molecule has 3 rings (SSSR count). The zero-order chi connectivity index (χ0) is 24.5. The summed E-state index contributed by atoms with van der Waals surface area (Å²) in [4.78, 5) is 27.4. The number of benzene rings is 3. The van der Waals surface area contributed by atoms with Crippen LogP contribution in [0.15, 0.2) is 72.8 Å². The molecular weight excluding hydrogens is 459 g/mol. The van der Waals surface area contributed by atoms with Gasteiger partial charge in [0.25, 0.3) is 5.91 Å². The van der Waals surface area contributed by atoms with E-state index in [2.05, 4.69) is 5.32 Å². The van der Waals surface area contributed by atoms with Crippen LogP contribution in [0.25, 0.3) is 0 Å². The van der Waals surface area contributed by atoms with Gasteiger partial charge in [-0.15, -0.1) is 0 Å². The third kappa shape index (κ3) is 6.96. The van der Waals surface area contributed by atoms with Crippen molar-refractivity contribution >= 4 is 23.4 Å². The maximum Gasteiger partial charge on any atom is 0.261 e. The first-order chi connectivity index (χ1) is 16.4. The number of para-hydroxylation sites is 1. The number of methoxy groups -OCH3 is 1. The molecule has 0 aliphatic heterocycles. The van der Waals surface area contributed by atoms with E-state index in [9.17, 15) is 14.0 Å². The van der Waals surface area contributed by atoms with Crippen molar-refractivity contribution in [3.05, 3.63) is 94.8 Å². The number of nitrogens with one attached hydrogen (secondary N) is 1. The molecule has 3 aromatic rings. The monoisotopic (exact) mass is 484 g/mol. The quantitative estimate of drug-likeness (QED) is 0.456. The summed E-state index contributed by atoms with van der Waals surface area (Å²) in [5.41, 5.74) is 1.57. The Morgan fingerprint density at radius 1 is 1.00 bits per heavy atom. The minimum absolute atomic E-state index is 0.113. The summed E-state index contributed by atoms with van der Waals surface area (Å²) in [7, 11) is 1.58. The highest BCUT2D eigenvalue weighted by molar-refractivity contribution is 6.32. The molecule has 0 heterocycles. The third-order valence-corrected chi connectivity index (χ3v) is 5.56. The van der Waals surface area contributed by atoms with Crippen LogP contribution in [0, 0.1) is 5.82 Å². The first-order valence-electron chi connectivity index (χ1n) is 10.7. The fraction of sp³-hybridized carbons (Fsp3) is 0.231. The van der Waals surface area contributed by atoms with Crippen molar-refractivity contribution in [3.63, 3.8) is 0 Å². The van der Waals surface area contributed by atoms with Crippen LogP contribution in [0.2, 0.25) is 5.02 Å². The minimum atomic E-state index is -0.800. The number of rotatable bonds is 10. The van der Waals surface area contributed by atoms with Crippen LogP contribution in [0.4, 0.5) is 4.39 Å². The first-order valence-corrected chi connectivity index (χ1v) is 11.1. The molecule has 2 amide bonds. The van der Waals surface area contributed by atoms with E-state index >= 15 is 0 Å². The fourth-order valence-corrected chi connectivity index (χ4v) is 3.42. The zero-order valence-electron chi connectivity index (χ0n) is 19.0. The maximum absolute atomic E-state index is 13.3. The highest BCUT2D eigenvalue weighted by Gasteiger charge is 2.26. The SMILES string of the molecule is COc1ccc(CNC(=O)C(C)N(Cc2ccc(F)cc2)C(=O)COc2ccccc2Cl)cc1. The van der Waals surface area contributed by atoms with Crippen molar-refractivity contribution in [1.82, 2.24) is 10.2 Å². The standard InChI is InChI=1S/C26H26ClFN2O4/c1-18(26(32)29-15-19-9-13-22(33-2)14-10-19)30(16-20-7-11-21(28)12-8-20)25(31)17-34-24-6-4-3-5-23(24)27/h3-14,18H,15-17H2,1-2H3,(H,29,32). The molecule has 178 valence electrons. The number of halogens is 2. The van der Waals surface area contributed by atoms with E-state index in [0.717, 1.165) is 11.3 Å². The molecule has 0 fully saturated rings. The van der Waals surface area contributed by atoms with Gasteiger partial charge in [0.1, 0.15) is 23.4 Å². The van der Waals surface area contributed by atoms with Gasteiger partial charge in [-0.1, -0.05) is 48.0 Å². The molecule has 0 aliphatic carbocycles. The molecule has 6 nitrogen and oxygen atoms in total. The Kier molecular flexibility index (Phi) is 8.87. The zero-order valence-corrected chi connectivity index (χ0v) is 19.7. The second-order valence-electron chi connectivity index (χ2n) is 7.61. The molecule has 34 heavy (non-hydrogen) atoms. The lowest BCUT2D eigenvalue weighted by atomic mass is 10.1. The molecule has 0 radical (unpaired) electrons. The van der Waals surface area contributed by atoms with Crippen molar-refractivity contribution in [3.8, 4) is 11.5 Å². The molecule has 1 atom stereocenters. The number of hydrogen-bond donors (Lipinski definition) is 1. The number of carbonyl (C=O) groups excluding carboxylic acids is 2. The number of nitrogens with zero attached hydrogens (tertiary/aromatic N) is 1. The average molecular weight is 485 g/mol. The summed E-state index contributed by atoms with van der Waals surface area (Å²) < 4.78 is 24.1. The molecule has 1 N–H and O–H groups in total. The van der Waals surface area contributed by atoms with Crippen molar-refractivity contribution in [2.24, 2.45) is 0 Å². The second kappa shape index (κ2) is 12.0. The van der Waals surface area contributed by atoms with Crippen LogP contribution in [0.1, 0.15) is 18.1 Å². The van der Waals surface area contributed by atoms with Crippen molar-refractivity contribution in [1.29, 1.82) is 0 Å². The molecule has 8 heteroatoms. The van der Waals surface area contributed by atoms with Crippen LogP contribution in [0.3, 0.4) is 0 Å². The van der Waals surface area contributed by atoms with E-state index in [1.807, 2.05) is 12.1 Å². The lowest BCUT2D eigenvalue weighted by molar-refractivity contribution is -0.142. The second-order valence-corrected chi connectivity index (χ2v) is 8.02. The van der Waals surface area contributed by atoms with Gasteiger partial charge in [-0.05, 0) is 54.4 Å². The Labute approximate surface area is 203 Å². The maximum atomic E-state index is 13.3. The van der Waals surface area contributed by atoms with E-state index in [-0.39, 0.29) is 24.9 Å². The van der Waals surface area contributed by atoms with Gasteiger partial charge >= 0.3 is 0 Å². The van der Waals surface area contributed by atoms with E-state index in [4.69, 9.17) is 21.1 Å². The Morgan fingerprint density at radius 2 is 1.65 bits per heavy atom. The Morgan fingerprint density at radius 3 is 2.29 bits per heavy atom. The van der Waals surface area contributed by atoms with E-state index in [1.165, 1.54) is 17.0 Å². The summed E-state index contributed by atoms with van der Waals surface area (Å²) in [6.07, 6.45) is 0. The largest absolute Gasteiger partial charge is 0.497 e. The predicted octanol–water partition coefficient (Wildman–Crippen LogP) is 4.60. The van der Waals surface area contributed by atoms with Crippen molar-refractivity contribution < 1.29 is 23.5 Å². The van der Waals surface area contributed by atoms with Gasteiger partial charge in [0.15, 0.2) is 6.61 Å². The predicted molar refractivity (Wildman–Crippen MR) is 128 cm³/mol. The van der Waals surface area contributed by atoms with Crippen LogP contribution < -0.4 is 14.8 Å². The normalized spacial score (nSPS) is 11.4. The summed E-state index contributed by atoms with van der Waals surface area (Å²) in [5, 5.41) is 3.23. The fourth-order valence-electron chi connectivity index (χ4n) is 3.23. The molecule has 0 aromatic heterocycles. The first kappa shape index (κ1) is 25.1. The number of carbonyl (C=O) groups is 2. The van der Waals surface area contributed by atoms with Crippen LogP contribution in [0.5, 0.6) is 11.5 Å². The minimum Gasteiger partial charge on any atom is -0.497 e. The van der Waals surface area contributed by atoms with E-state index < -0.39 is 11.9 Å². The summed E-state index contributed by atoms with van der Waals surface area (Å²) >= 11 is 6.11. The lowest BCUT2D eigenvalue weighted by Crippen LogP contribution is -2.48. The molecule has 1 unspecified atom stereocenters. The topological polar surface area (TPSA) is 67.9 Å². The van der Waals surface area contributed by atoms with Gasteiger partial charge in [0.05, 0.1) is 12.1 Å². The smallest absolute Gasteiger partial charge is 0.261 e. The molecule has 0 bridgehead atoms. The molecule has 3 aromatic carbocycles. The van der Waals surface area contributed by atoms with E-state index in [1.54, 1.807) is 62.6 Å². The van der Waals surface area contributed by atoms with Gasteiger partial charge in [-0.25, -0.2) is 4.39 Å². The lowest BCUT2D eigenvalue weighted by Gasteiger charge is -2.29. The third-order valence-electron chi connectivity index (χ3n) is 5.25. The van der Waals surface area contributed by atoms with Gasteiger partial charge in [0, 0.05) is 13.1 Å². The van der Waals surface area contributed by atoms with Gasteiger partial charge < -0.3 is 19.7 Å². The van der Waals surface area contributed by atoms with Gasteiger partial charge in [-0.2, -0.15) is 0 Å². The van der Waals surface area contributed by atoms with Crippen LogP contribution >= 0.6 is 11.6 Å². The Balaban J connectivity index is 1.69. The molecule has 0 saturated carbocycles. The highest BCUT2D eigenvalue weighted by Crippen LogP contribution is 2.23. The summed E-state index contributed by atoms with van der Waals surface area (Å²) in [5.74, 6) is -0.0248. The van der Waals surface area contributed by atoms with Gasteiger partial charge in [0.2, 0.25) is 5.91 Å². The Bertz CT molecular complexity index is 1110. The van der Waals surface area contributed by atoms with Gasteiger partial charge in [-0.3, -0.25) is 9.59 Å². The Hall–Kier alpha value is -3.58. The molecule has 0 saturated heterocycles. The molecular formula is C26H26ClFN2O4. The molecule has 0 spiro atoms. The number of ether oxygens (including phenoxy) is 2. The number of amides is 2. The summed E-state index contributed by atoms with van der Waals surface area (Å²) in [6.45, 7) is 1.74.